The van der Waals surface area contributed by atoms with Gasteiger partial charge < -0.3 is 10.5 Å². The van der Waals surface area contributed by atoms with Crippen molar-refractivity contribution in [1.29, 1.82) is 0 Å². The first kappa shape index (κ1) is 25.4. The van der Waals surface area contributed by atoms with Crippen LogP contribution in [0.3, 0.4) is 0 Å². The first-order valence-electron chi connectivity index (χ1n) is 10.6. The van der Waals surface area contributed by atoms with E-state index in [0.717, 1.165) is 0 Å². The molecular weight excluding hydrogens is 476 g/mol. The van der Waals surface area contributed by atoms with Crippen LogP contribution in [0.5, 0.6) is 5.88 Å². The number of rotatable bonds is 11. The van der Waals surface area contributed by atoms with Crippen molar-refractivity contribution in [2.45, 2.75) is 44.9 Å². The normalized spacial score (nSPS) is 13.4. The molecule has 3 rings (SSSR count). The third-order valence-corrected chi connectivity index (χ3v) is 6.34. The van der Waals surface area contributed by atoms with Gasteiger partial charge in [-0.3, -0.25) is 14.1 Å². The lowest BCUT2D eigenvalue weighted by molar-refractivity contribution is -0.115. The van der Waals surface area contributed by atoms with Crippen LogP contribution in [0.1, 0.15) is 38.9 Å². The maximum absolute atomic E-state index is 12.7. The zero-order valence-electron chi connectivity index (χ0n) is 19.4. The van der Waals surface area contributed by atoms with Gasteiger partial charge in [0.05, 0.1) is 18.7 Å². The smallest absolute Gasteiger partial charge is 0.235 e. The Kier molecular flexibility index (Phi) is 8.83. The number of anilines is 1. The highest BCUT2D eigenvalue weighted by Crippen LogP contribution is 2.28. The number of carbonyl (C=O) groups is 1. The molecule has 0 aromatic carbocycles. The highest BCUT2D eigenvalue weighted by atomic mass is 35.5. The third kappa shape index (κ3) is 6.45. The molecule has 10 nitrogen and oxygen atoms in total. The minimum absolute atomic E-state index is 0.00491. The number of nitrogens with one attached hydrogen (secondary N) is 1. The second-order valence-corrected chi connectivity index (χ2v) is 9.13. The third-order valence-electron chi connectivity index (χ3n) is 5.07. The molecule has 0 fully saturated rings. The lowest BCUT2D eigenvalue weighted by atomic mass is 10.1. The van der Waals surface area contributed by atoms with Gasteiger partial charge in [-0.05, 0) is 24.4 Å². The molecule has 0 spiro atoms. The topological polar surface area (TPSA) is 134 Å². The average Bonchev–Trinajstić information content (AvgIpc) is 3.24. The lowest BCUT2D eigenvalue weighted by Crippen LogP contribution is -2.16. The molecule has 0 saturated carbocycles. The van der Waals surface area contributed by atoms with Crippen LogP contribution in [0, 0.1) is 0 Å². The Balaban J connectivity index is 1.84. The molecule has 0 unspecified atom stereocenters. The first-order valence-corrected chi connectivity index (χ1v) is 11.9. The summed E-state index contributed by atoms with van der Waals surface area (Å²) in [6.07, 6.45) is 5.18. The van der Waals surface area contributed by atoms with E-state index in [1.807, 2.05) is 20.8 Å². The van der Waals surface area contributed by atoms with Crippen LogP contribution < -0.4 is 15.2 Å². The second-order valence-electron chi connectivity index (χ2n) is 7.51. The van der Waals surface area contributed by atoms with E-state index in [1.54, 1.807) is 35.2 Å². The number of nitrogens with two attached hydrogens (primary N) is 1. The number of methoxy groups -OCH3 is 1. The number of allylic oxidation sites excluding steroid dienone is 2. The van der Waals surface area contributed by atoms with Crippen LogP contribution in [0.15, 0.2) is 42.4 Å². The molecule has 0 amide bonds. The monoisotopic (exact) mass is 502 g/mol. The van der Waals surface area contributed by atoms with E-state index in [-0.39, 0.29) is 23.5 Å². The fourth-order valence-corrected chi connectivity index (χ4v) is 3.76. The Morgan fingerprint density at radius 2 is 2.03 bits per heavy atom. The van der Waals surface area contributed by atoms with E-state index in [2.05, 4.69) is 29.9 Å². The minimum atomic E-state index is -0.174. The summed E-state index contributed by atoms with van der Waals surface area (Å²) in [4.78, 5) is 25.7. The summed E-state index contributed by atoms with van der Waals surface area (Å²) in [5.74, 6) is 1.82. The summed E-state index contributed by atoms with van der Waals surface area (Å²) in [6.45, 7) is 5.96. The lowest BCUT2D eigenvalue weighted by Gasteiger charge is -2.18. The van der Waals surface area contributed by atoms with Crippen molar-refractivity contribution in [3.63, 3.8) is 0 Å². The molecular formula is C22H27ClN8O2S. The molecule has 0 aliphatic carbocycles. The van der Waals surface area contributed by atoms with Crippen LogP contribution in [0.25, 0.3) is 11.5 Å². The van der Waals surface area contributed by atoms with Crippen molar-refractivity contribution in [2.75, 3.05) is 11.8 Å². The maximum Gasteiger partial charge on any atom is 0.235 e. The van der Waals surface area contributed by atoms with E-state index in [1.165, 1.54) is 25.1 Å². The Bertz CT molecular complexity index is 1150. The molecule has 3 aromatic rings. The van der Waals surface area contributed by atoms with Crippen molar-refractivity contribution < 1.29 is 9.53 Å². The molecule has 3 N–H and O–H groups in total. The number of carbonyl (C=O) groups excluding carboxylic acids is 1. The molecule has 2 atom stereocenters. The number of pyridine rings is 1. The highest BCUT2D eigenvalue weighted by molar-refractivity contribution is 8.01. The van der Waals surface area contributed by atoms with Gasteiger partial charge >= 0.3 is 0 Å². The predicted octanol–water partition coefficient (Wildman–Crippen LogP) is 3.87. The van der Waals surface area contributed by atoms with Crippen LogP contribution in [-0.4, -0.2) is 47.9 Å². The molecule has 3 aromatic heterocycles. The van der Waals surface area contributed by atoms with E-state index in [9.17, 15) is 4.79 Å². The van der Waals surface area contributed by atoms with Crippen molar-refractivity contribution in [2.24, 2.45) is 5.73 Å². The highest BCUT2D eigenvalue weighted by Gasteiger charge is 2.21. The van der Waals surface area contributed by atoms with Crippen LogP contribution in [0.2, 0.25) is 5.02 Å². The van der Waals surface area contributed by atoms with Gasteiger partial charge in [0.25, 0.3) is 0 Å². The molecule has 0 aliphatic rings. The molecule has 0 saturated heterocycles. The summed E-state index contributed by atoms with van der Waals surface area (Å²) in [6, 6.07) is 5.31. The molecule has 34 heavy (non-hydrogen) atoms. The van der Waals surface area contributed by atoms with Crippen LogP contribution in [-0.2, 0) is 11.3 Å². The standard InChI is InChI=1S/C22H27ClN8O2S/c1-5-16(24)9-17(32)12-31-21(18-7-6-8-19(27-18)33-4)28-29-22(31)30-34-14(3)13(2)20-25-10-15(23)11-26-20/h6-11,13-14H,5,12,24H2,1-4H3,(H,29,30)/t13-,14-/m0/s1. The summed E-state index contributed by atoms with van der Waals surface area (Å²) in [7, 11) is 1.54. The number of halogens is 1. The van der Waals surface area contributed by atoms with Gasteiger partial charge in [-0.25, -0.2) is 15.0 Å². The quantitative estimate of drug-likeness (QED) is 0.294. The van der Waals surface area contributed by atoms with Crippen molar-refractivity contribution in [3.05, 3.63) is 53.2 Å². The number of nitrogens with zero attached hydrogens (tertiary/aromatic N) is 6. The number of ketones is 1. The SMILES string of the molecule is CCC(N)=CC(=O)Cn1c(NS[C@@H](C)[C@H](C)c2ncc(Cl)cn2)nnc1-c1cccc(OC)n1. The fraction of sp³-hybridized carbons (Fsp3) is 0.364. The van der Waals surface area contributed by atoms with Gasteiger partial charge in [0.1, 0.15) is 11.5 Å². The fourth-order valence-electron chi connectivity index (χ4n) is 2.90. The Hall–Kier alpha value is -3.18. The van der Waals surface area contributed by atoms with Gasteiger partial charge in [0.2, 0.25) is 11.8 Å². The Labute approximate surface area is 207 Å². The number of aromatic nitrogens is 6. The van der Waals surface area contributed by atoms with E-state index >= 15 is 0 Å². The summed E-state index contributed by atoms with van der Waals surface area (Å²) < 4.78 is 10.1. The molecule has 0 bridgehead atoms. The number of ether oxygens (including phenoxy) is 1. The van der Waals surface area contributed by atoms with E-state index in [0.29, 0.717) is 46.3 Å². The number of hydrogen-bond donors (Lipinski definition) is 2. The predicted molar refractivity (Wildman–Crippen MR) is 134 cm³/mol. The van der Waals surface area contributed by atoms with E-state index in [4.69, 9.17) is 22.1 Å². The maximum atomic E-state index is 12.7. The molecule has 3 heterocycles. The Morgan fingerprint density at radius 3 is 2.71 bits per heavy atom. The molecule has 12 heteroatoms. The summed E-state index contributed by atoms with van der Waals surface area (Å²) in [5, 5.41) is 9.10. The summed E-state index contributed by atoms with van der Waals surface area (Å²) >= 11 is 7.33. The summed E-state index contributed by atoms with van der Waals surface area (Å²) in [5.41, 5.74) is 6.89. The van der Waals surface area contributed by atoms with E-state index < -0.39 is 0 Å². The molecule has 0 radical (unpaired) electrons. The Morgan fingerprint density at radius 1 is 1.29 bits per heavy atom. The van der Waals surface area contributed by atoms with Gasteiger partial charge in [-0.1, -0.05) is 38.4 Å². The molecule has 180 valence electrons. The van der Waals surface area contributed by atoms with Crippen molar-refractivity contribution >= 4 is 35.3 Å². The first-order chi connectivity index (χ1) is 16.3. The van der Waals surface area contributed by atoms with Gasteiger partial charge in [0, 0.05) is 41.4 Å². The van der Waals surface area contributed by atoms with Gasteiger partial charge in [0.15, 0.2) is 11.6 Å². The van der Waals surface area contributed by atoms with Crippen molar-refractivity contribution in [3.8, 4) is 17.4 Å². The van der Waals surface area contributed by atoms with Gasteiger partial charge in [-0.15, -0.1) is 10.2 Å². The van der Waals surface area contributed by atoms with Crippen LogP contribution in [0.4, 0.5) is 5.95 Å². The largest absolute Gasteiger partial charge is 0.481 e. The van der Waals surface area contributed by atoms with Crippen LogP contribution >= 0.6 is 23.5 Å². The van der Waals surface area contributed by atoms with Crippen molar-refractivity contribution in [1.82, 2.24) is 29.7 Å². The second kappa shape index (κ2) is 11.8. The van der Waals surface area contributed by atoms with Gasteiger partial charge in [-0.2, -0.15) is 0 Å². The minimum Gasteiger partial charge on any atom is -0.481 e. The average molecular weight is 503 g/mol. The zero-order valence-corrected chi connectivity index (χ0v) is 21.0. The number of hydrogen-bond acceptors (Lipinski definition) is 10. The zero-order chi connectivity index (χ0) is 24.7. The molecule has 0 aliphatic heterocycles.